The van der Waals surface area contributed by atoms with Gasteiger partial charge in [0, 0.05) is 43.1 Å². The highest BCUT2D eigenvalue weighted by atomic mass is 32.1. The fourth-order valence-electron chi connectivity index (χ4n) is 6.51. The van der Waals surface area contributed by atoms with Crippen LogP contribution in [0.15, 0.2) is 151 Å². The van der Waals surface area contributed by atoms with Crippen molar-refractivity contribution in [3.05, 3.63) is 162 Å². The van der Waals surface area contributed by atoms with Gasteiger partial charge >= 0.3 is 0 Å². The highest BCUT2D eigenvalue weighted by Crippen LogP contribution is 2.43. The normalized spacial score (nSPS) is 13.3. The average Bonchev–Trinajstić information content (AvgIpc) is 3.69. The smallest absolute Gasteiger partial charge is 0.138 e. The van der Waals surface area contributed by atoms with E-state index in [2.05, 4.69) is 94.8 Å². The maximum atomic E-state index is 8.75. The monoisotopic (exact) mass is 624 g/mol. The number of aromatic nitrogens is 1. The number of para-hydroxylation sites is 2. The molecule has 47 heavy (non-hydrogen) atoms. The zero-order valence-electron chi connectivity index (χ0n) is 26.2. The third-order valence-corrected chi connectivity index (χ3v) is 9.82. The van der Waals surface area contributed by atoms with Gasteiger partial charge in [-0.05, 0) is 54.1 Å². The third-order valence-electron chi connectivity index (χ3n) is 8.63. The number of rotatable bonds is 4. The molecule has 1 aliphatic heterocycles. The molecule has 9 rings (SSSR count). The van der Waals surface area contributed by atoms with Crippen LogP contribution in [0, 0.1) is 5.41 Å². The Bertz CT molecular complexity index is 2510. The van der Waals surface area contributed by atoms with Crippen molar-refractivity contribution in [2.75, 3.05) is 0 Å². The predicted octanol–water partition coefficient (Wildman–Crippen LogP) is 11.3. The van der Waals surface area contributed by atoms with Crippen molar-refractivity contribution in [3.63, 3.8) is 0 Å². The molecule has 0 radical (unpaired) electrons. The molecule has 3 heterocycles. The van der Waals surface area contributed by atoms with Crippen LogP contribution in [-0.2, 0) is 0 Å². The van der Waals surface area contributed by atoms with Crippen molar-refractivity contribution in [2.24, 2.45) is 4.99 Å². The summed E-state index contributed by atoms with van der Waals surface area (Å²) in [6.07, 6.45) is 1.89. The first kappa shape index (κ1) is 28.7. The number of amidine groups is 1. The second kappa shape index (κ2) is 11.9. The van der Waals surface area contributed by atoms with Crippen LogP contribution in [0.3, 0.4) is 0 Å². The summed E-state index contributed by atoms with van der Waals surface area (Å²) < 4.78 is 5.02. The van der Waals surface area contributed by atoms with Gasteiger partial charge in [0.05, 0.1) is 32.8 Å². The van der Waals surface area contributed by atoms with Crippen LogP contribution in [-0.4, -0.2) is 16.1 Å². The van der Waals surface area contributed by atoms with Crippen LogP contribution in [0.25, 0.3) is 53.4 Å². The molecule has 0 saturated carbocycles. The Morgan fingerprint density at radius 3 is 2.19 bits per heavy atom. The van der Waals surface area contributed by atoms with E-state index in [0.29, 0.717) is 5.71 Å². The van der Waals surface area contributed by atoms with E-state index in [1.54, 1.807) is 0 Å². The predicted molar refractivity (Wildman–Crippen MR) is 202 cm³/mol. The molecule has 0 fully saturated rings. The minimum Gasteiger partial charge on any atom is -0.339 e. The lowest BCUT2D eigenvalue weighted by Crippen LogP contribution is -2.26. The minimum absolute atomic E-state index is 0.448. The number of benzene rings is 6. The first-order valence-electron chi connectivity index (χ1n) is 16.0. The molecule has 8 aromatic rings. The maximum absolute atomic E-state index is 8.75. The van der Waals surface area contributed by atoms with Crippen molar-refractivity contribution in [2.45, 2.75) is 13.8 Å². The van der Waals surface area contributed by atoms with Crippen LogP contribution in [0.5, 0.6) is 0 Å². The third kappa shape index (κ3) is 4.84. The molecule has 2 aromatic heterocycles. The Hall–Kier alpha value is -5.78. The number of allylic oxidation sites excluding steroid dienone is 1. The number of aliphatic imine (C=N–C) groups is 1. The van der Waals surface area contributed by atoms with Gasteiger partial charge in [-0.25, -0.2) is 4.99 Å². The molecule has 1 aliphatic rings. The molecule has 0 saturated heterocycles. The zero-order valence-corrected chi connectivity index (χ0v) is 27.0. The number of nitrogens with zero attached hydrogens (tertiary/aromatic N) is 2. The second-order valence-corrected chi connectivity index (χ2v) is 12.3. The van der Waals surface area contributed by atoms with Crippen LogP contribution in [0.4, 0.5) is 5.69 Å². The molecule has 6 aromatic carbocycles. The molecule has 0 bridgehead atoms. The van der Waals surface area contributed by atoms with Crippen LogP contribution < -0.4 is 5.32 Å². The quantitative estimate of drug-likeness (QED) is 0.188. The number of hydrogen-bond donors (Lipinski definition) is 2. The molecular formula is C42H32N4S. The van der Waals surface area contributed by atoms with Crippen LogP contribution in [0.1, 0.15) is 30.5 Å². The highest BCUT2D eigenvalue weighted by Gasteiger charge is 2.20. The fraction of sp³-hybridized carbons (Fsp3) is 0.0476. The van der Waals surface area contributed by atoms with Gasteiger partial charge in [-0.1, -0.05) is 111 Å². The summed E-state index contributed by atoms with van der Waals surface area (Å²) >= 11 is 1.86. The first-order valence-corrected chi connectivity index (χ1v) is 16.8. The SMILES string of the molecule is CC.N=C(/C=C1\NC(c2ccc(-n3c4ccccc4c4ccc5c6ccccc6sc5c43)cc2)=Nc2ccccc21)c1ccccc1. The molecule has 2 N–H and O–H groups in total. The highest BCUT2D eigenvalue weighted by molar-refractivity contribution is 7.26. The van der Waals surface area contributed by atoms with Gasteiger partial charge in [0.15, 0.2) is 0 Å². The number of nitrogens with one attached hydrogen (secondary N) is 2. The van der Waals surface area contributed by atoms with Crippen molar-refractivity contribution in [1.29, 1.82) is 5.41 Å². The molecule has 0 aliphatic carbocycles. The molecule has 4 nitrogen and oxygen atoms in total. The number of hydrogen-bond acceptors (Lipinski definition) is 4. The second-order valence-electron chi connectivity index (χ2n) is 11.3. The topological polar surface area (TPSA) is 53.2 Å². The van der Waals surface area contributed by atoms with Crippen LogP contribution >= 0.6 is 11.3 Å². The van der Waals surface area contributed by atoms with Crippen LogP contribution in [0.2, 0.25) is 0 Å². The lowest BCUT2D eigenvalue weighted by Gasteiger charge is -2.21. The van der Waals surface area contributed by atoms with Gasteiger partial charge in [-0.2, -0.15) is 0 Å². The van der Waals surface area contributed by atoms with Crippen molar-refractivity contribution in [3.8, 4) is 5.69 Å². The van der Waals surface area contributed by atoms with E-state index in [1.165, 1.54) is 42.0 Å². The average molecular weight is 625 g/mol. The fourth-order valence-corrected chi connectivity index (χ4v) is 7.75. The first-order chi connectivity index (χ1) is 23.2. The maximum Gasteiger partial charge on any atom is 0.138 e. The summed E-state index contributed by atoms with van der Waals surface area (Å²) in [4.78, 5) is 4.99. The zero-order chi connectivity index (χ0) is 31.9. The number of fused-ring (bicyclic) bond motifs is 8. The lowest BCUT2D eigenvalue weighted by atomic mass is 10.0. The molecule has 0 spiro atoms. The summed E-state index contributed by atoms with van der Waals surface area (Å²) in [5.41, 5.74) is 8.58. The Morgan fingerprint density at radius 2 is 1.36 bits per heavy atom. The van der Waals surface area contributed by atoms with Gasteiger partial charge in [-0.15, -0.1) is 11.3 Å². The Kier molecular flexibility index (Phi) is 7.24. The molecule has 0 amide bonds. The summed E-state index contributed by atoms with van der Waals surface area (Å²) in [5, 5.41) is 17.4. The van der Waals surface area contributed by atoms with E-state index in [-0.39, 0.29) is 0 Å². The number of thiophene rings is 1. The lowest BCUT2D eigenvalue weighted by molar-refractivity contribution is 1.18. The van der Waals surface area contributed by atoms with Gasteiger partial charge in [0.25, 0.3) is 0 Å². The van der Waals surface area contributed by atoms with E-state index >= 15 is 0 Å². The molecule has 5 heteroatoms. The molecule has 0 atom stereocenters. The Morgan fingerprint density at radius 1 is 0.681 bits per heavy atom. The summed E-state index contributed by atoms with van der Waals surface area (Å²) in [7, 11) is 0. The van der Waals surface area contributed by atoms with E-state index in [4.69, 9.17) is 10.4 Å². The summed E-state index contributed by atoms with van der Waals surface area (Å²) in [6, 6.07) is 48.5. The van der Waals surface area contributed by atoms with Gasteiger partial charge in [0.1, 0.15) is 5.84 Å². The van der Waals surface area contributed by atoms with E-state index in [1.807, 2.05) is 85.9 Å². The van der Waals surface area contributed by atoms with Gasteiger partial charge in [0.2, 0.25) is 0 Å². The molecular weight excluding hydrogens is 593 g/mol. The van der Waals surface area contributed by atoms with Crippen molar-refractivity contribution in [1.82, 2.24) is 9.88 Å². The largest absolute Gasteiger partial charge is 0.339 e. The summed E-state index contributed by atoms with van der Waals surface area (Å²) in [5.74, 6) is 0.765. The Labute approximate surface area is 277 Å². The van der Waals surface area contributed by atoms with E-state index in [9.17, 15) is 0 Å². The Balaban J connectivity index is 0.00000159. The standard InChI is InChI=1S/C40H26N4S.C2H6/c41-33(25-10-2-1-3-11-25)24-35-32-14-4-7-15-34(32)42-40(43-35)26-18-20-27(21-19-26)44-36-16-8-5-12-28(36)30-22-23-31-29-13-6-9-17-37(29)45-39(31)38(30)44;1-2/h1-24,41H,(H,42,43);1-2H3/b35-24-,41-33?;. The van der Waals surface area contributed by atoms with E-state index < -0.39 is 0 Å². The van der Waals surface area contributed by atoms with Gasteiger partial charge in [-0.3, -0.25) is 0 Å². The minimum atomic E-state index is 0.448. The van der Waals surface area contributed by atoms with Crippen molar-refractivity contribution >= 4 is 76.2 Å². The molecule has 226 valence electrons. The van der Waals surface area contributed by atoms with Crippen molar-refractivity contribution < 1.29 is 0 Å². The molecule has 0 unspecified atom stereocenters. The van der Waals surface area contributed by atoms with Gasteiger partial charge < -0.3 is 15.3 Å². The summed E-state index contributed by atoms with van der Waals surface area (Å²) in [6.45, 7) is 4.00. The van der Waals surface area contributed by atoms with E-state index in [0.717, 1.165) is 39.6 Å².